The maximum absolute atomic E-state index is 11.8. The Kier molecular flexibility index (Phi) is 5.77. The third-order valence-corrected chi connectivity index (χ3v) is 3.66. The monoisotopic (exact) mass is 295 g/mol. The summed E-state index contributed by atoms with van der Waals surface area (Å²) in [6.07, 6.45) is 1.41. The third-order valence-electron chi connectivity index (χ3n) is 2.31. The van der Waals surface area contributed by atoms with Gasteiger partial charge in [0.2, 0.25) is 0 Å². The fourth-order valence-electron chi connectivity index (χ4n) is 1.25. The SMILES string of the molecule is CC(C)OC(=O)c1ccc(C=N[S+]([O-])C(C)(C)C)cc1. The first kappa shape index (κ1) is 16.7. The van der Waals surface area contributed by atoms with Gasteiger partial charge in [-0.2, -0.15) is 0 Å². The smallest absolute Gasteiger partial charge is 0.338 e. The molecule has 0 spiro atoms. The number of hydrogen-bond donors (Lipinski definition) is 0. The molecule has 1 rings (SSSR count). The predicted octanol–water partition coefficient (Wildman–Crippen LogP) is 3.13. The highest BCUT2D eigenvalue weighted by molar-refractivity contribution is 7.91. The molecular weight excluding hydrogens is 274 g/mol. The average Bonchev–Trinajstić information content (AvgIpc) is 2.34. The molecule has 0 saturated carbocycles. The molecule has 1 atom stereocenters. The number of nitrogens with zero attached hydrogens (tertiary/aromatic N) is 1. The van der Waals surface area contributed by atoms with E-state index in [0.29, 0.717) is 5.56 Å². The van der Waals surface area contributed by atoms with Gasteiger partial charge in [-0.15, -0.1) is 0 Å². The van der Waals surface area contributed by atoms with Crippen LogP contribution < -0.4 is 0 Å². The lowest BCUT2D eigenvalue weighted by Gasteiger charge is -2.17. The van der Waals surface area contributed by atoms with Crippen molar-refractivity contribution < 1.29 is 14.1 Å². The number of benzene rings is 1. The van der Waals surface area contributed by atoms with Gasteiger partial charge in [0, 0.05) is 0 Å². The second kappa shape index (κ2) is 6.90. The predicted molar refractivity (Wildman–Crippen MR) is 82.5 cm³/mol. The lowest BCUT2D eigenvalue weighted by atomic mass is 10.1. The molecule has 20 heavy (non-hydrogen) atoms. The van der Waals surface area contributed by atoms with Gasteiger partial charge in [-0.05, 0) is 52.3 Å². The van der Waals surface area contributed by atoms with Crippen LogP contribution in [0.3, 0.4) is 0 Å². The topological polar surface area (TPSA) is 61.7 Å². The van der Waals surface area contributed by atoms with Crippen molar-refractivity contribution >= 4 is 23.5 Å². The summed E-state index contributed by atoms with van der Waals surface area (Å²) < 4.78 is 20.5. The minimum Gasteiger partial charge on any atom is -0.591 e. The minimum atomic E-state index is -1.28. The van der Waals surface area contributed by atoms with E-state index < -0.39 is 11.4 Å². The molecule has 0 aliphatic heterocycles. The highest BCUT2D eigenvalue weighted by atomic mass is 32.2. The van der Waals surface area contributed by atoms with Crippen molar-refractivity contribution in [2.24, 2.45) is 4.40 Å². The van der Waals surface area contributed by atoms with Crippen molar-refractivity contribution in [3.63, 3.8) is 0 Å². The molecule has 110 valence electrons. The number of hydrogen-bond acceptors (Lipinski definition) is 4. The van der Waals surface area contributed by atoms with Crippen LogP contribution in [-0.2, 0) is 16.1 Å². The number of carbonyl (C=O) groups is 1. The Labute approximate surface area is 123 Å². The van der Waals surface area contributed by atoms with Crippen LogP contribution in [0.4, 0.5) is 0 Å². The van der Waals surface area contributed by atoms with Gasteiger partial charge in [0.25, 0.3) is 0 Å². The molecule has 1 aromatic carbocycles. The van der Waals surface area contributed by atoms with Crippen LogP contribution in [0.25, 0.3) is 0 Å². The molecule has 1 unspecified atom stereocenters. The first-order chi connectivity index (χ1) is 9.20. The fourth-order valence-corrected chi connectivity index (χ4v) is 1.79. The Balaban J connectivity index is 2.72. The van der Waals surface area contributed by atoms with E-state index in [9.17, 15) is 9.35 Å². The van der Waals surface area contributed by atoms with Gasteiger partial charge in [-0.3, -0.25) is 0 Å². The molecule has 0 saturated heterocycles. The van der Waals surface area contributed by atoms with E-state index in [2.05, 4.69) is 4.40 Å². The third kappa shape index (κ3) is 5.35. The summed E-state index contributed by atoms with van der Waals surface area (Å²) in [6.45, 7) is 9.21. The van der Waals surface area contributed by atoms with Crippen LogP contribution in [0, 0.1) is 0 Å². The van der Waals surface area contributed by atoms with Crippen LogP contribution in [0.15, 0.2) is 28.7 Å². The zero-order chi connectivity index (χ0) is 15.3. The summed E-state index contributed by atoms with van der Waals surface area (Å²) in [5.74, 6) is -0.346. The van der Waals surface area contributed by atoms with Gasteiger partial charge in [0.15, 0.2) is 0 Å². The van der Waals surface area contributed by atoms with Gasteiger partial charge in [-0.1, -0.05) is 16.5 Å². The number of esters is 1. The normalized spacial score (nSPS) is 13.8. The summed E-state index contributed by atoms with van der Waals surface area (Å²) in [4.78, 5) is 11.7. The molecule has 0 aliphatic rings. The molecule has 0 fully saturated rings. The van der Waals surface area contributed by atoms with Gasteiger partial charge in [0.05, 0.1) is 17.9 Å². The van der Waals surface area contributed by atoms with Crippen LogP contribution >= 0.6 is 0 Å². The van der Waals surface area contributed by atoms with Gasteiger partial charge < -0.3 is 9.29 Å². The maximum Gasteiger partial charge on any atom is 0.338 e. The summed E-state index contributed by atoms with van der Waals surface area (Å²) in [5, 5.41) is 0. The van der Waals surface area contributed by atoms with Gasteiger partial charge in [0.1, 0.15) is 16.1 Å². The molecule has 0 amide bonds. The Morgan fingerprint density at radius 3 is 2.30 bits per heavy atom. The van der Waals surface area contributed by atoms with Crippen molar-refractivity contribution in [1.82, 2.24) is 0 Å². The molecule has 1 aromatic rings. The maximum atomic E-state index is 11.8. The van der Waals surface area contributed by atoms with Crippen molar-refractivity contribution in [2.45, 2.75) is 45.5 Å². The summed E-state index contributed by atoms with van der Waals surface area (Å²) >= 11 is -1.28. The Hall–Kier alpha value is -1.33. The van der Waals surface area contributed by atoms with Crippen molar-refractivity contribution in [2.75, 3.05) is 0 Å². The lowest BCUT2D eigenvalue weighted by molar-refractivity contribution is 0.0378. The Bertz CT molecular complexity index is 475. The van der Waals surface area contributed by atoms with Crippen LogP contribution in [0.5, 0.6) is 0 Å². The summed E-state index contributed by atoms with van der Waals surface area (Å²) in [6, 6.07) is 6.85. The van der Waals surface area contributed by atoms with E-state index in [0.717, 1.165) is 5.56 Å². The Morgan fingerprint density at radius 2 is 1.85 bits per heavy atom. The van der Waals surface area contributed by atoms with Crippen molar-refractivity contribution in [3.8, 4) is 0 Å². The molecule has 0 radical (unpaired) electrons. The highest BCUT2D eigenvalue weighted by Gasteiger charge is 2.25. The van der Waals surface area contributed by atoms with E-state index in [4.69, 9.17) is 4.74 Å². The molecule has 0 N–H and O–H groups in total. The van der Waals surface area contributed by atoms with Crippen LogP contribution in [0.1, 0.15) is 50.5 Å². The average molecular weight is 295 g/mol. The first-order valence-corrected chi connectivity index (χ1v) is 7.58. The van der Waals surface area contributed by atoms with Gasteiger partial charge >= 0.3 is 5.97 Å². The molecular formula is C15H21NO3S. The fraction of sp³-hybridized carbons (Fsp3) is 0.467. The molecule has 4 nitrogen and oxygen atoms in total. The largest absolute Gasteiger partial charge is 0.591 e. The second-order valence-corrected chi connectivity index (χ2v) is 7.61. The van der Waals surface area contributed by atoms with Gasteiger partial charge in [-0.25, -0.2) is 4.79 Å². The number of rotatable bonds is 4. The van der Waals surface area contributed by atoms with Crippen molar-refractivity contribution in [3.05, 3.63) is 35.4 Å². The van der Waals surface area contributed by atoms with E-state index >= 15 is 0 Å². The summed E-state index contributed by atoms with van der Waals surface area (Å²) in [7, 11) is 0. The minimum absolute atomic E-state index is 0.141. The van der Waals surface area contributed by atoms with E-state index in [1.54, 1.807) is 44.3 Å². The lowest BCUT2D eigenvalue weighted by Crippen LogP contribution is -2.25. The van der Waals surface area contributed by atoms with E-state index in [1.807, 2.05) is 20.8 Å². The molecule has 0 aliphatic carbocycles. The van der Waals surface area contributed by atoms with Crippen LogP contribution in [0.2, 0.25) is 0 Å². The van der Waals surface area contributed by atoms with Crippen molar-refractivity contribution in [1.29, 1.82) is 0 Å². The van der Waals surface area contributed by atoms with E-state index in [-0.39, 0.29) is 16.8 Å². The molecule has 0 bridgehead atoms. The zero-order valence-electron chi connectivity index (χ0n) is 12.5. The Morgan fingerprint density at radius 1 is 1.30 bits per heavy atom. The number of carbonyl (C=O) groups excluding carboxylic acids is 1. The quantitative estimate of drug-likeness (QED) is 0.487. The number of ether oxygens (including phenoxy) is 1. The standard InChI is InChI=1S/C15H21NO3S/c1-11(2)19-14(17)13-8-6-12(7-9-13)10-16-20(18)15(3,4)5/h6-11H,1-5H3. The second-order valence-electron chi connectivity index (χ2n) is 5.67. The molecule has 0 aromatic heterocycles. The van der Waals surface area contributed by atoms with Crippen LogP contribution in [-0.4, -0.2) is 27.6 Å². The zero-order valence-corrected chi connectivity index (χ0v) is 13.4. The molecule has 0 heterocycles. The summed E-state index contributed by atoms with van der Waals surface area (Å²) in [5.41, 5.74) is 1.29. The molecule has 5 heteroatoms. The highest BCUT2D eigenvalue weighted by Crippen LogP contribution is 2.17. The van der Waals surface area contributed by atoms with E-state index in [1.165, 1.54) is 0 Å². The first-order valence-electron chi connectivity index (χ1n) is 6.47.